The molecule has 3 nitrogen and oxygen atoms in total. The van der Waals surface area contributed by atoms with E-state index < -0.39 is 17.7 Å². The molecule has 0 bridgehead atoms. The SMILES string of the molecule is CCOC(=O)c1cc2c(C(F)(F)F)cc(Cl)cc2[nH]1. The molecule has 2 rings (SSSR count). The van der Waals surface area contributed by atoms with Crippen molar-refractivity contribution in [1.82, 2.24) is 4.98 Å². The Balaban J connectivity index is 2.62. The smallest absolute Gasteiger partial charge is 0.417 e. The predicted octanol–water partition coefficient (Wildman–Crippen LogP) is 4.02. The van der Waals surface area contributed by atoms with E-state index in [-0.39, 0.29) is 28.2 Å². The maximum atomic E-state index is 12.9. The van der Waals surface area contributed by atoms with Crippen LogP contribution in [0.4, 0.5) is 13.2 Å². The lowest BCUT2D eigenvalue weighted by atomic mass is 10.1. The minimum absolute atomic E-state index is 0.0374. The number of fused-ring (bicyclic) bond motifs is 1. The summed E-state index contributed by atoms with van der Waals surface area (Å²) in [6, 6.07) is 3.27. The van der Waals surface area contributed by atoms with E-state index >= 15 is 0 Å². The lowest BCUT2D eigenvalue weighted by Gasteiger charge is -2.08. The monoisotopic (exact) mass is 291 g/mol. The van der Waals surface area contributed by atoms with Gasteiger partial charge in [0.15, 0.2) is 0 Å². The van der Waals surface area contributed by atoms with Crippen molar-refractivity contribution in [3.8, 4) is 0 Å². The van der Waals surface area contributed by atoms with Crippen molar-refractivity contribution in [2.45, 2.75) is 13.1 Å². The molecule has 1 N–H and O–H groups in total. The van der Waals surface area contributed by atoms with Crippen LogP contribution in [-0.2, 0) is 10.9 Å². The maximum absolute atomic E-state index is 12.9. The van der Waals surface area contributed by atoms with Crippen molar-refractivity contribution < 1.29 is 22.7 Å². The fraction of sp³-hybridized carbons (Fsp3) is 0.250. The average molecular weight is 292 g/mol. The first-order valence-electron chi connectivity index (χ1n) is 5.39. The Morgan fingerprint density at radius 1 is 1.37 bits per heavy atom. The Bertz CT molecular complexity index is 634. The van der Waals surface area contributed by atoms with Crippen molar-refractivity contribution >= 4 is 28.5 Å². The molecule has 1 heterocycles. The number of rotatable bonds is 2. The van der Waals surface area contributed by atoms with Crippen LogP contribution in [0, 0.1) is 0 Å². The first-order valence-corrected chi connectivity index (χ1v) is 5.77. The molecule has 0 saturated heterocycles. The molecule has 0 aliphatic carbocycles. The van der Waals surface area contributed by atoms with Gasteiger partial charge < -0.3 is 9.72 Å². The summed E-state index contributed by atoms with van der Waals surface area (Å²) >= 11 is 5.64. The van der Waals surface area contributed by atoms with Crippen LogP contribution in [0.2, 0.25) is 5.02 Å². The predicted molar refractivity (Wildman–Crippen MR) is 64.3 cm³/mol. The van der Waals surface area contributed by atoms with Crippen LogP contribution in [-0.4, -0.2) is 17.6 Å². The largest absolute Gasteiger partial charge is 0.461 e. The van der Waals surface area contributed by atoms with E-state index in [1.807, 2.05) is 0 Å². The first-order chi connectivity index (χ1) is 8.82. The van der Waals surface area contributed by atoms with Crippen LogP contribution in [0.15, 0.2) is 18.2 Å². The second-order valence-corrected chi connectivity index (χ2v) is 4.25. The minimum Gasteiger partial charge on any atom is -0.461 e. The summed E-state index contributed by atoms with van der Waals surface area (Å²) in [7, 11) is 0. The molecule has 7 heteroatoms. The molecule has 0 fully saturated rings. The van der Waals surface area contributed by atoms with Crippen LogP contribution in [0.1, 0.15) is 23.0 Å². The van der Waals surface area contributed by atoms with Crippen LogP contribution >= 0.6 is 11.6 Å². The first kappa shape index (κ1) is 13.7. The van der Waals surface area contributed by atoms with Gasteiger partial charge in [0.05, 0.1) is 12.2 Å². The molecule has 0 aliphatic heterocycles. The van der Waals surface area contributed by atoms with Gasteiger partial charge in [-0.05, 0) is 25.1 Å². The number of carbonyl (C=O) groups is 1. The van der Waals surface area contributed by atoms with Crippen molar-refractivity contribution in [2.24, 2.45) is 0 Å². The highest BCUT2D eigenvalue weighted by Crippen LogP contribution is 2.37. The summed E-state index contributed by atoms with van der Waals surface area (Å²) in [6.07, 6.45) is -4.54. The summed E-state index contributed by atoms with van der Waals surface area (Å²) in [5, 5.41) is -0.169. The summed E-state index contributed by atoms with van der Waals surface area (Å²) in [6.45, 7) is 1.75. The van der Waals surface area contributed by atoms with E-state index in [2.05, 4.69) is 4.98 Å². The number of halogens is 4. The standard InChI is InChI=1S/C12H9ClF3NO2/c1-2-19-11(18)10-5-7-8(12(14,15)16)3-6(13)4-9(7)17-10/h3-5,17H,2H2,1H3. The van der Waals surface area contributed by atoms with Crippen molar-refractivity contribution in [1.29, 1.82) is 0 Å². The fourth-order valence-electron chi connectivity index (χ4n) is 1.76. The number of H-pyrrole nitrogens is 1. The van der Waals surface area contributed by atoms with Gasteiger partial charge in [-0.2, -0.15) is 13.2 Å². The van der Waals surface area contributed by atoms with E-state index in [0.29, 0.717) is 0 Å². The minimum atomic E-state index is -4.54. The van der Waals surface area contributed by atoms with Gasteiger partial charge in [0, 0.05) is 15.9 Å². The number of esters is 1. The van der Waals surface area contributed by atoms with Gasteiger partial charge in [-0.3, -0.25) is 0 Å². The lowest BCUT2D eigenvalue weighted by Crippen LogP contribution is -2.05. The van der Waals surface area contributed by atoms with Gasteiger partial charge in [-0.1, -0.05) is 11.6 Å². The van der Waals surface area contributed by atoms with Crippen molar-refractivity contribution in [3.63, 3.8) is 0 Å². The van der Waals surface area contributed by atoms with Gasteiger partial charge >= 0.3 is 12.1 Å². The van der Waals surface area contributed by atoms with E-state index in [0.717, 1.165) is 12.1 Å². The Labute approximate surface area is 111 Å². The molecular weight excluding hydrogens is 283 g/mol. The molecule has 0 saturated carbocycles. The number of carbonyl (C=O) groups excluding carboxylic acids is 1. The quantitative estimate of drug-likeness (QED) is 0.849. The number of hydrogen-bond acceptors (Lipinski definition) is 2. The van der Waals surface area contributed by atoms with Gasteiger partial charge in [0.25, 0.3) is 0 Å². The van der Waals surface area contributed by atoms with Crippen molar-refractivity contribution in [2.75, 3.05) is 6.61 Å². The molecule has 0 aliphatic rings. The highest BCUT2D eigenvalue weighted by atomic mass is 35.5. The third kappa shape index (κ3) is 2.68. The molecular formula is C12H9ClF3NO2. The van der Waals surface area contributed by atoms with E-state index in [4.69, 9.17) is 16.3 Å². The zero-order valence-corrected chi connectivity index (χ0v) is 10.5. The molecule has 0 atom stereocenters. The molecule has 19 heavy (non-hydrogen) atoms. The Morgan fingerprint density at radius 3 is 2.63 bits per heavy atom. The molecule has 1 aromatic heterocycles. The third-order valence-electron chi connectivity index (χ3n) is 2.50. The fourth-order valence-corrected chi connectivity index (χ4v) is 1.97. The molecule has 1 aromatic carbocycles. The summed E-state index contributed by atoms with van der Waals surface area (Å²) in [4.78, 5) is 14.1. The van der Waals surface area contributed by atoms with Gasteiger partial charge in [-0.15, -0.1) is 0 Å². The third-order valence-corrected chi connectivity index (χ3v) is 2.72. The molecule has 0 unspecified atom stereocenters. The number of nitrogens with one attached hydrogen (secondary N) is 1. The summed E-state index contributed by atoms with van der Waals surface area (Å²) < 4.78 is 43.3. The molecule has 0 radical (unpaired) electrons. The molecule has 0 amide bonds. The van der Waals surface area contributed by atoms with Gasteiger partial charge in [0.1, 0.15) is 5.69 Å². The molecule has 2 aromatic rings. The van der Waals surface area contributed by atoms with Crippen LogP contribution in [0.3, 0.4) is 0 Å². The number of aromatic amines is 1. The topological polar surface area (TPSA) is 42.1 Å². The Morgan fingerprint density at radius 2 is 2.05 bits per heavy atom. The van der Waals surface area contributed by atoms with Crippen LogP contribution in [0.25, 0.3) is 10.9 Å². The Kier molecular flexibility index (Phi) is 3.45. The number of hydrogen-bond donors (Lipinski definition) is 1. The summed E-state index contributed by atoms with van der Waals surface area (Å²) in [5.74, 6) is -0.706. The Hall–Kier alpha value is -1.69. The lowest BCUT2D eigenvalue weighted by molar-refractivity contribution is -0.136. The van der Waals surface area contributed by atoms with Gasteiger partial charge in [-0.25, -0.2) is 4.79 Å². The number of aromatic nitrogens is 1. The second-order valence-electron chi connectivity index (χ2n) is 3.82. The van der Waals surface area contributed by atoms with Crippen LogP contribution < -0.4 is 0 Å². The van der Waals surface area contributed by atoms with Crippen molar-refractivity contribution in [3.05, 3.63) is 34.5 Å². The van der Waals surface area contributed by atoms with E-state index in [9.17, 15) is 18.0 Å². The number of ether oxygens (including phenoxy) is 1. The number of alkyl halides is 3. The normalized spacial score (nSPS) is 11.8. The zero-order valence-electron chi connectivity index (χ0n) is 9.77. The average Bonchev–Trinajstić information content (AvgIpc) is 2.70. The molecule has 0 spiro atoms. The zero-order chi connectivity index (χ0) is 14.2. The number of benzene rings is 1. The second kappa shape index (κ2) is 4.77. The highest BCUT2D eigenvalue weighted by molar-refractivity contribution is 6.31. The molecule has 102 valence electrons. The maximum Gasteiger partial charge on any atom is 0.417 e. The van der Waals surface area contributed by atoms with Gasteiger partial charge in [0.2, 0.25) is 0 Å². The summed E-state index contributed by atoms with van der Waals surface area (Å²) in [5.41, 5.74) is -0.783. The van der Waals surface area contributed by atoms with E-state index in [1.165, 1.54) is 6.07 Å². The van der Waals surface area contributed by atoms with E-state index in [1.54, 1.807) is 6.92 Å². The van der Waals surface area contributed by atoms with Crippen LogP contribution in [0.5, 0.6) is 0 Å². The highest BCUT2D eigenvalue weighted by Gasteiger charge is 2.33.